The van der Waals surface area contributed by atoms with Crippen LogP contribution in [0.15, 0.2) is 41.9 Å². The van der Waals surface area contributed by atoms with Crippen molar-refractivity contribution in [3.63, 3.8) is 0 Å². The number of hydrogen-bond donors (Lipinski definition) is 2. The molecule has 0 bridgehead atoms. The van der Waals surface area contributed by atoms with Gasteiger partial charge in [-0.1, -0.05) is 6.07 Å². The SMILES string of the molecule is O=C(O)C[C@H](Cc1csc(CCCCNc2cc(N3CCCC3)ccn2)n1)c1ccc2c(c1)OCO2. The molecule has 36 heavy (non-hydrogen) atoms. The number of rotatable bonds is 12. The van der Waals surface area contributed by atoms with Gasteiger partial charge in [0.15, 0.2) is 11.5 Å². The Bertz CT molecular complexity index is 1180. The highest BCUT2D eigenvalue weighted by Crippen LogP contribution is 2.36. The third-order valence-electron chi connectivity index (χ3n) is 6.68. The van der Waals surface area contributed by atoms with Gasteiger partial charge in [0.05, 0.1) is 17.1 Å². The molecule has 5 rings (SSSR count). The van der Waals surface area contributed by atoms with Gasteiger partial charge in [0, 0.05) is 48.9 Å². The second-order valence-electron chi connectivity index (χ2n) is 9.32. The molecule has 8 nitrogen and oxygen atoms in total. The molecule has 2 N–H and O–H groups in total. The van der Waals surface area contributed by atoms with E-state index < -0.39 is 5.97 Å². The number of nitrogens with zero attached hydrogens (tertiary/aromatic N) is 3. The lowest BCUT2D eigenvalue weighted by atomic mass is 9.91. The second-order valence-corrected chi connectivity index (χ2v) is 10.3. The van der Waals surface area contributed by atoms with Gasteiger partial charge >= 0.3 is 5.97 Å². The van der Waals surface area contributed by atoms with Crippen LogP contribution in [0, 0.1) is 0 Å². The van der Waals surface area contributed by atoms with Crippen molar-refractivity contribution in [1.29, 1.82) is 0 Å². The van der Waals surface area contributed by atoms with Crippen LogP contribution in [0.5, 0.6) is 11.5 Å². The number of thiazole rings is 1. The Balaban J connectivity index is 1.09. The van der Waals surface area contributed by atoms with E-state index in [9.17, 15) is 9.90 Å². The summed E-state index contributed by atoms with van der Waals surface area (Å²) < 4.78 is 10.9. The molecule has 1 atom stereocenters. The molecule has 2 aliphatic rings. The number of aromatic nitrogens is 2. The van der Waals surface area contributed by atoms with E-state index in [0.29, 0.717) is 17.9 Å². The molecule has 1 fully saturated rings. The van der Waals surface area contributed by atoms with Gasteiger partial charge < -0.3 is 24.8 Å². The summed E-state index contributed by atoms with van der Waals surface area (Å²) >= 11 is 1.65. The molecule has 3 aromatic rings. The maximum Gasteiger partial charge on any atom is 0.303 e. The highest BCUT2D eigenvalue weighted by molar-refractivity contribution is 7.09. The Hall–Kier alpha value is -3.33. The van der Waals surface area contributed by atoms with E-state index in [0.717, 1.165) is 61.0 Å². The molecular weight excluding hydrogens is 476 g/mol. The molecule has 2 aromatic heterocycles. The number of nitrogens with one attached hydrogen (secondary N) is 1. The zero-order valence-corrected chi connectivity index (χ0v) is 21.1. The summed E-state index contributed by atoms with van der Waals surface area (Å²) in [6.07, 6.45) is 8.03. The van der Waals surface area contributed by atoms with Gasteiger partial charge in [-0.25, -0.2) is 9.97 Å². The molecule has 0 saturated carbocycles. The molecule has 0 spiro atoms. The van der Waals surface area contributed by atoms with Gasteiger partial charge in [-0.05, 0) is 62.3 Å². The number of pyridine rings is 1. The monoisotopic (exact) mass is 508 g/mol. The third-order valence-corrected chi connectivity index (χ3v) is 7.64. The number of carbonyl (C=O) groups is 1. The quantitative estimate of drug-likeness (QED) is 0.326. The van der Waals surface area contributed by atoms with E-state index in [4.69, 9.17) is 14.5 Å². The Kier molecular flexibility index (Phi) is 7.85. The highest BCUT2D eigenvalue weighted by Gasteiger charge is 2.22. The zero-order valence-electron chi connectivity index (χ0n) is 20.3. The summed E-state index contributed by atoms with van der Waals surface area (Å²) in [7, 11) is 0. The third kappa shape index (κ3) is 6.26. The molecule has 1 saturated heterocycles. The largest absolute Gasteiger partial charge is 0.481 e. The van der Waals surface area contributed by atoms with Crippen LogP contribution in [0.4, 0.5) is 11.5 Å². The van der Waals surface area contributed by atoms with Crippen molar-refractivity contribution in [3.05, 3.63) is 58.2 Å². The number of unbranched alkanes of at least 4 members (excludes halogenated alkanes) is 1. The lowest BCUT2D eigenvalue weighted by Gasteiger charge is -2.18. The number of ether oxygens (including phenoxy) is 2. The predicted octanol–water partition coefficient (Wildman–Crippen LogP) is 5.10. The second kappa shape index (κ2) is 11.6. The van der Waals surface area contributed by atoms with Gasteiger partial charge in [0.25, 0.3) is 0 Å². The number of aryl methyl sites for hydroxylation is 1. The fraction of sp³-hybridized carbons (Fsp3) is 0.444. The van der Waals surface area contributed by atoms with Crippen LogP contribution in [0.3, 0.4) is 0 Å². The molecule has 0 radical (unpaired) electrons. The van der Waals surface area contributed by atoms with E-state index in [1.807, 2.05) is 24.4 Å². The molecule has 9 heteroatoms. The molecule has 0 amide bonds. The van der Waals surface area contributed by atoms with Crippen molar-refractivity contribution in [2.75, 3.05) is 36.6 Å². The number of benzene rings is 1. The Labute approximate surface area is 215 Å². The lowest BCUT2D eigenvalue weighted by Crippen LogP contribution is -2.17. The average Bonchev–Trinajstić information content (AvgIpc) is 3.65. The summed E-state index contributed by atoms with van der Waals surface area (Å²) in [4.78, 5) is 23.2. The normalized spacial score (nSPS) is 15.3. The first-order chi connectivity index (χ1) is 17.6. The highest BCUT2D eigenvalue weighted by atomic mass is 32.1. The van der Waals surface area contributed by atoms with Crippen molar-refractivity contribution >= 4 is 28.8 Å². The first-order valence-corrected chi connectivity index (χ1v) is 13.5. The van der Waals surface area contributed by atoms with Gasteiger partial charge in [-0.2, -0.15) is 0 Å². The summed E-state index contributed by atoms with van der Waals surface area (Å²) in [5.74, 6) is 1.33. The average molecular weight is 509 g/mol. The van der Waals surface area contributed by atoms with Crippen LogP contribution in [0.1, 0.15) is 54.3 Å². The van der Waals surface area contributed by atoms with Crippen LogP contribution in [0.2, 0.25) is 0 Å². The van der Waals surface area contributed by atoms with Crippen LogP contribution in [0.25, 0.3) is 0 Å². The fourth-order valence-electron chi connectivity index (χ4n) is 4.80. The first-order valence-electron chi connectivity index (χ1n) is 12.6. The number of carboxylic acid groups (broad SMARTS) is 1. The summed E-state index contributed by atoms with van der Waals surface area (Å²) in [6.45, 7) is 3.34. The molecule has 0 aliphatic carbocycles. The Morgan fingerprint density at radius 3 is 2.86 bits per heavy atom. The van der Waals surface area contributed by atoms with Crippen LogP contribution in [-0.4, -0.2) is 47.5 Å². The number of carboxylic acids is 1. The maximum atomic E-state index is 11.5. The van der Waals surface area contributed by atoms with E-state index >= 15 is 0 Å². The molecule has 0 unspecified atom stereocenters. The molecular formula is C27H32N4O4S. The number of hydrogen-bond acceptors (Lipinski definition) is 8. The van der Waals surface area contributed by atoms with Crippen molar-refractivity contribution in [3.8, 4) is 11.5 Å². The Morgan fingerprint density at radius 2 is 2.00 bits per heavy atom. The van der Waals surface area contributed by atoms with Crippen molar-refractivity contribution in [2.24, 2.45) is 0 Å². The smallest absolute Gasteiger partial charge is 0.303 e. The summed E-state index contributed by atoms with van der Waals surface area (Å²) in [6, 6.07) is 9.91. The van der Waals surface area contributed by atoms with Crippen LogP contribution < -0.4 is 19.7 Å². The van der Waals surface area contributed by atoms with Crippen molar-refractivity contribution in [1.82, 2.24) is 9.97 Å². The lowest BCUT2D eigenvalue weighted by molar-refractivity contribution is -0.137. The molecule has 190 valence electrons. The van der Waals surface area contributed by atoms with Crippen LogP contribution in [-0.2, 0) is 17.6 Å². The molecule has 2 aliphatic heterocycles. The standard InChI is InChI=1S/C27H32N4O4S/c32-27(33)15-20(19-6-7-23-24(14-19)35-18-34-23)13-21-17-36-26(30-21)5-1-2-9-28-25-16-22(8-10-29-25)31-11-3-4-12-31/h6-8,10,14,16-17,20H,1-5,9,11-13,15,18H2,(H,28,29)(H,32,33)/t20-/m0/s1. The van der Waals surface area contributed by atoms with E-state index in [1.165, 1.54) is 18.5 Å². The van der Waals surface area contributed by atoms with Gasteiger partial charge in [-0.3, -0.25) is 4.79 Å². The van der Waals surface area contributed by atoms with Gasteiger partial charge in [0.1, 0.15) is 5.82 Å². The van der Waals surface area contributed by atoms with E-state index in [2.05, 4.69) is 32.7 Å². The van der Waals surface area contributed by atoms with Crippen LogP contribution >= 0.6 is 11.3 Å². The number of fused-ring (bicyclic) bond motifs is 1. The van der Waals surface area contributed by atoms with E-state index in [-0.39, 0.29) is 19.1 Å². The number of aliphatic carboxylic acids is 1. The first kappa shape index (κ1) is 24.4. The van der Waals surface area contributed by atoms with Crippen molar-refractivity contribution in [2.45, 2.75) is 50.9 Å². The topological polar surface area (TPSA) is 96.8 Å². The molecule has 4 heterocycles. The minimum absolute atomic E-state index is 0.0468. The Morgan fingerprint density at radius 1 is 1.14 bits per heavy atom. The predicted molar refractivity (Wildman–Crippen MR) is 140 cm³/mol. The van der Waals surface area contributed by atoms with Crippen molar-refractivity contribution < 1.29 is 19.4 Å². The zero-order chi connectivity index (χ0) is 24.7. The van der Waals surface area contributed by atoms with E-state index in [1.54, 1.807) is 11.3 Å². The van der Waals surface area contributed by atoms with Gasteiger partial charge in [0.2, 0.25) is 6.79 Å². The van der Waals surface area contributed by atoms with Gasteiger partial charge in [-0.15, -0.1) is 11.3 Å². The minimum Gasteiger partial charge on any atom is -0.481 e. The number of anilines is 2. The summed E-state index contributed by atoms with van der Waals surface area (Å²) in [5.41, 5.74) is 3.13. The fourth-order valence-corrected chi connectivity index (χ4v) is 5.65. The maximum absolute atomic E-state index is 11.5. The minimum atomic E-state index is -0.818. The summed E-state index contributed by atoms with van der Waals surface area (Å²) in [5, 5.41) is 16.1. The molecule has 1 aromatic carbocycles.